The van der Waals surface area contributed by atoms with Crippen LogP contribution in [0.2, 0.25) is 0 Å². The molecule has 1 heterocycles. The Morgan fingerprint density at radius 1 is 0.714 bits per heavy atom. The number of rotatable bonds is 2. The van der Waals surface area contributed by atoms with Crippen molar-refractivity contribution >= 4 is 11.9 Å². The summed E-state index contributed by atoms with van der Waals surface area (Å²) in [6.07, 6.45) is -0.0573. The standard InChI is InChI=1S/C24H20O4/c1-23(2)27-21(25)24(22(26)28-23,17-9-15-19-11-5-3-6-12-19)18-10-16-20-13-7-4-8-14-20/h3-8,11-14H,17-18H2,1-2H3. The summed E-state index contributed by atoms with van der Waals surface area (Å²) in [7, 11) is 0. The fraction of sp³-hybridized carbons (Fsp3) is 0.250. The van der Waals surface area contributed by atoms with Crippen LogP contribution < -0.4 is 0 Å². The van der Waals surface area contributed by atoms with Crippen molar-refractivity contribution in [3.63, 3.8) is 0 Å². The number of hydrogen-bond donors (Lipinski definition) is 0. The van der Waals surface area contributed by atoms with Gasteiger partial charge >= 0.3 is 11.9 Å². The summed E-state index contributed by atoms with van der Waals surface area (Å²) >= 11 is 0. The molecule has 0 unspecified atom stereocenters. The van der Waals surface area contributed by atoms with Gasteiger partial charge in [0, 0.05) is 37.8 Å². The summed E-state index contributed by atoms with van der Waals surface area (Å²) in [4.78, 5) is 25.5. The molecule has 0 N–H and O–H groups in total. The third-order valence-corrected chi connectivity index (χ3v) is 4.25. The normalized spacial score (nSPS) is 16.5. The van der Waals surface area contributed by atoms with Crippen LogP contribution in [-0.4, -0.2) is 17.7 Å². The summed E-state index contributed by atoms with van der Waals surface area (Å²) in [5.74, 6) is 9.20. The largest absolute Gasteiger partial charge is 0.422 e. The van der Waals surface area contributed by atoms with E-state index in [0.717, 1.165) is 11.1 Å². The number of cyclic esters (lactones) is 2. The van der Waals surface area contributed by atoms with Gasteiger partial charge in [-0.05, 0) is 24.3 Å². The lowest BCUT2D eigenvalue weighted by Gasteiger charge is -2.38. The van der Waals surface area contributed by atoms with E-state index < -0.39 is 23.1 Å². The lowest BCUT2D eigenvalue weighted by Crippen LogP contribution is -2.53. The van der Waals surface area contributed by atoms with E-state index in [2.05, 4.69) is 23.7 Å². The number of benzene rings is 2. The second-order valence-electron chi connectivity index (χ2n) is 6.95. The van der Waals surface area contributed by atoms with E-state index in [1.165, 1.54) is 13.8 Å². The fourth-order valence-corrected chi connectivity index (χ4v) is 2.73. The van der Waals surface area contributed by atoms with Crippen molar-refractivity contribution in [2.24, 2.45) is 5.41 Å². The minimum atomic E-state index is -1.56. The van der Waals surface area contributed by atoms with Crippen molar-refractivity contribution in [2.75, 3.05) is 0 Å². The maximum atomic E-state index is 12.8. The Balaban J connectivity index is 1.88. The van der Waals surface area contributed by atoms with Crippen LogP contribution in [0.5, 0.6) is 0 Å². The van der Waals surface area contributed by atoms with Gasteiger partial charge in [-0.3, -0.25) is 9.59 Å². The van der Waals surface area contributed by atoms with Crippen LogP contribution in [0.1, 0.15) is 37.8 Å². The molecule has 0 bridgehead atoms. The third kappa shape index (κ3) is 4.42. The molecule has 4 heteroatoms. The predicted octanol–water partition coefficient (Wildman–Crippen LogP) is 3.69. The van der Waals surface area contributed by atoms with Crippen LogP contribution in [0, 0.1) is 29.1 Å². The van der Waals surface area contributed by atoms with Crippen molar-refractivity contribution in [2.45, 2.75) is 32.5 Å². The molecule has 0 atom stereocenters. The highest BCUT2D eigenvalue weighted by Gasteiger charge is 2.55. The van der Waals surface area contributed by atoms with Gasteiger partial charge in [0.15, 0.2) is 5.41 Å². The van der Waals surface area contributed by atoms with Gasteiger partial charge < -0.3 is 9.47 Å². The Labute approximate surface area is 164 Å². The number of esters is 2. The molecule has 0 aromatic heterocycles. The number of ether oxygens (including phenoxy) is 2. The number of hydrogen-bond acceptors (Lipinski definition) is 4. The molecule has 0 aliphatic carbocycles. The molecule has 2 aromatic carbocycles. The van der Waals surface area contributed by atoms with Crippen molar-refractivity contribution in [1.29, 1.82) is 0 Å². The van der Waals surface area contributed by atoms with Gasteiger partial charge in [0.1, 0.15) is 0 Å². The topological polar surface area (TPSA) is 52.6 Å². The Bertz CT molecular complexity index is 901. The van der Waals surface area contributed by atoms with Gasteiger partial charge in [-0.15, -0.1) is 0 Å². The third-order valence-electron chi connectivity index (χ3n) is 4.25. The highest BCUT2D eigenvalue weighted by atomic mass is 16.7. The molecule has 3 rings (SSSR count). The van der Waals surface area contributed by atoms with Crippen LogP contribution in [0.15, 0.2) is 60.7 Å². The highest BCUT2D eigenvalue weighted by Crippen LogP contribution is 2.37. The van der Waals surface area contributed by atoms with E-state index in [9.17, 15) is 9.59 Å². The summed E-state index contributed by atoms with van der Waals surface area (Å²) in [6, 6.07) is 18.7. The highest BCUT2D eigenvalue weighted by molar-refractivity contribution is 6.02. The summed E-state index contributed by atoms with van der Waals surface area (Å²) < 4.78 is 10.7. The predicted molar refractivity (Wildman–Crippen MR) is 105 cm³/mol. The minimum Gasteiger partial charge on any atom is -0.422 e. The quantitative estimate of drug-likeness (QED) is 0.458. The molecule has 140 valence electrons. The molecule has 0 radical (unpaired) electrons. The van der Waals surface area contributed by atoms with E-state index in [1.54, 1.807) is 0 Å². The number of carbonyl (C=O) groups is 2. The van der Waals surface area contributed by atoms with E-state index in [4.69, 9.17) is 9.47 Å². The lowest BCUT2D eigenvalue weighted by molar-refractivity contribution is -0.250. The first-order valence-electron chi connectivity index (χ1n) is 8.96. The van der Waals surface area contributed by atoms with Crippen LogP contribution in [0.4, 0.5) is 0 Å². The van der Waals surface area contributed by atoms with Crippen LogP contribution in [0.25, 0.3) is 0 Å². The first-order chi connectivity index (χ1) is 13.4. The molecule has 4 nitrogen and oxygen atoms in total. The molecular weight excluding hydrogens is 352 g/mol. The van der Waals surface area contributed by atoms with Crippen LogP contribution >= 0.6 is 0 Å². The van der Waals surface area contributed by atoms with E-state index >= 15 is 0 Å². The second-order valence-corrected chi connectivity index (χ2v) is 6.95. The Morgan fingerprint density at radius 3 is 1.50 bits per heavy atom. The van der Waals surface area contributed by atoms with Gasteiger partial charge in [0.2, 0.25) is 0 Å². The van der Waals surface area contributed by atoms with Gasteiger partial charge in [0.25, 0.3) is 5.79 Å². The monoisotopic (exact) mass is 372 g/mol. The van der Waals surface area contributed by atoms with Gasteiger partial charge in [-0.1, -0.05) is 60.1 Å². The average molecular weight is 372 g/mol. The maximum Gasteiger partial charge on any atom is 0.328 e. The van der Waals surface area contributed by atoms with Crippen molar-refractivity contribution < 1.29 is 19.1 Å². The summed E-state index contributed by atoms with van der Waals surface area (Å²) in [5, 5.41) is 0. The second kappa shape index (κ2) is 8.03. The zero-order valence-corrected chi connectivity index (χ0v) is 15.8. The molecular formula is C24H20O4. The first-order valence-corrected chi connectivity index (χ1v) is 8.96. The Kier molecular flexibility index (Phi) is 5.52. The van der Waals surface area contributed by atoms with Gasteiger partial charge in [-0.25, -0.2) is 0 Å². The molecule has 1 aliphatic heterocycles. The van der Waals surface area contributed by atoms with E-state index in [1.807, 2.05) is 60.7 Å². The molecule has 1 fully saturated rings. The minimum absolute atomic E-state index is 0.0287. The Hall–Kier alpha value is -3.50. The zero-order chi connectivity index (χ0) is 20.0. The zero-order valence-electron chi connectivity index (χ0n) is 15.8. The maximum absolute atomic E-state index is 12.8. The SMILES string of the molecule is CC1(C)OC(=O)C(CC#Cc2ccccc2)(CC#Cc2ccccc2)C(=O)O1. The first kappa shape index (κ1) is 19.3. The van der Waals surface area contributed by atoms with Crippen molar-refractivity contribution in [3.8, 4) is 23.7 Å². The molecule has 1 saturated heterocycles. The molecule has 0 saturated carbocycles. The molecule has 0 amide bonds. The van der Waals surface area contributed by atoms with E-state index in [-0.39, 0.29) is 12.8 Å². The van der Waals surface area contributed by atoms with E-state index in [0.29, 0.717) is 0 Å². The molecule has 1 aliphatic rings. The van der Waals surface area contributed by atoms with Gasteiger partial charge in [-0.2, -0.15) is 0 Å². The molecule has 28 heavy (non-hydrogen) atoms. The van der Waals surface area contributed by atoms with Crippen LogP contribution in [-0.2, 0) is 19.1 Å². The van der Waals surface area contributed by atoms with Crippen LogP contribution in [0.3, 0.4) is 0 Å². The molecule has 2 aromatic rings. The summed E-state index contributed by atoms with van der Waals surface area (Å²) in [6.45, 7) is 3.05. The van der Waals surface area contributed by atoms with Gasteiger partial charge in [0.05, 0.1) is 0 Å². The smallest absolute Gasteiger partial charge is 0.328 e. The van der Waals surface area contributed by atoms with Crippen molar-refractivity contribution in [1.82, 2.24) is 0 Å². The number of carbonyl (C=O) groups excluding carboxylic acids is 2. The fourth-order valence-electron chi connectivity index (χ4n) is 2.73. The summed E-state index contributed by atoms with van der Waals surface area (Å²) in [5.41, 5.74) is 0.0378. The van der Waals surface area contributed by atoms with Crippen molar-refractivity contribution in [3.05, 3.63) is 71.8 Å². The Morgan fingerprint density at radius 2 is 1.11 bits per heavy atom. The molecule has 0 spiro atoms. The average Bonchev–Trinajstić information content (AvgIpc) is 2.66. The lowest BCUT2D eigenvalue weighted by atomic mass is 9.80.